The zero-order valence-electron chi connectivity index (χ0n) is 9.65. The summed E-state index contributed by atoms with van der Waals surface area (Å²) < 4.78 is 0. The van der Waals surface area contributed by atoms with Gasteiger partial charge in [-0.15, -0.1) is 0 Å². The highest BCUT2D eigenvalue weighted by Gasteiger charge is 2.45. The normalized spacial score (nSPS) is 23.5. The van der Waals surface area contributed by atoms with Crippen LogP contribution in [0.4, 0.5) is 0 Å². The van der Waals surface area contributed by atoms with E-state index in [9.17, 15) is 5.11 Å². The molecule has 0 bridgehead atoms. The molecular formula is C14H19NO. The van der Waals surface area contributed by atoms with Crippen LogP contribution in [0.3, 0.4) is 0 Å². The van der Waals surface area contributed by atoms with E-state index in [1.807, 2.05) is 12.1 Å². The topological polar surface area (TPSA) is 23.5 Å². The molecule has 86 valence electrons. The minimum Gasteiger partial charge on any atom is -0.508 e. The Kier molecular flexibility index (Phi) is 2.40. The Hall–Kier alpha value is -1.02. The zero-order valence-corrected chi connectivity index (χ0v) is 9.65. The number of likely N-dealkylation sites (tertiary alicyclic amines) is 1. The van der Waals surface area contributed by atoms with Gasteiger partial charge >= 0.3 is 0 Å². The molecule has 3 rings (SSSR count). The third-order valence-corrected chi connectivity index (χ3v) is 4.04. The molecule has 0 unspecified atom stereocenters. The molecule has 0 spiro atoms. The summed E-state index contributed by atoms with van der Waals surface area (Å²) in [6, 6.07) is 7.84. The lowest BCUT2D eigenvalue weighted by atomic mass is 9.95. The molecule has 0 atom stereocenters. The molecule has 1 aliphatic carbocycles. The molecule has 1 saturated carbocycles. The SMILES string of the molecule is Oc1cccc(C2(CN3CCCC3)CC2)c1. The van der Waals surface area contributed by atoms with E-state index in [0.717, 1.165) is 0 Å². The van der Waals surface area contributed by atoms with Gasteiger partial charge in [-0.3, -0.25) is 0 Å². The molecular weight excluding hydrogens is 198 g/mol. The molecule has 0 aromatic heterocycles. The number of benzene rings is 1. The van der Waals surface area contributed by atoms with E-state index in [4.69, 9.17) is 0 Å². The first-order valence-corrected chi connectivity index (χ1v) is 6.30. The van der Waals surface area contributed by atoms with E-state index in [1.54, 1.807) is 6.07 Å². The van der Waals surface area contributed by atoms with Crippen LogP contribution in [0.25, 0.3) is 0 Å². The maximum absolute atomic E-state index is 9.55. The van der Waals surface area contributed by atoms with Crippen molar-refractivity contribution in [1.29, 1.82) is 0 Å². The molecule has 1 N–H and O–H groups in total. The minimum atomic E-state index is 0.364. The molecule has 2 aliphatic rings. The van der Waals surface area contributed by atoms with Crippen molar-refractivity contribution in [2.24, 2.45) is 0 Å². The van der Waals surface area contributed by atoms with Crippen molar-refractivity contribution >= 4 is 0 Å². The zero-order chi connectivity index (χ0) is 11.0. The average molecular weight is 217 g/mol. The van der Waals surface area contributed by atoms with Crippen LogP contribution in [0.1, 0.15) is 31.2 Å². The summed E-state index contributed by atoms with van der Waals surface area (Å²) in [7, 11) is 0. The highest BCUT2D eigenvalue weighted by atomic mass is 16.3. The van der Waals surface area contributed by atoms with Crippen molar-refractivity contribution in [3.05, 3.63) is 29.8 Å². The number of nitrogens with zero attached hydrogens (tertiary/aromatic N) is 1. The molecule has 0 radical (unpaired) electrons. The van der Waals surface area contributed by atoms with Crippen LogP contribution in [0.2, 0.25) is 0 Å². The van der Waals surface area contributed by atoms with Crippen molar-refractivity contribution in [3.8, 4) is 5.75 Å². The molecule has 1 aromatic carbocycles. The van der Waals surface area contributed by atoms with E-state index in [1.165, 1.54) is 50.9 Å². The number of phenols is 1. The predicted octanol–water partition coefficient (Wildman–Crippen LogP) is 2.52. The fourth-order valence-corrected chi connectivity index (χ4v) is 2.89. The molecule has 1 aliphatic heterocycles. The third kappa shape index (κ3) is 1.82. The van der Waals surface area contributed by atoms with Gasteiger partial charge in [0.2, 0.25) is 0 Å². The summed E-state index contributed by atoms with van der Waals surface area (Å²) in [5.41, 5.74) is 1.70. The smallest absolute Gasteiger partial charge is 0.115 e. The molecule has 2 nitrogen and oxygen atoms in total. The second kappa shape index (κ2) is 3.77. The fourth-order valence-electron chi connectivity index (χ4n) is 2.89. The van der Waals surface area contributed by atoms with Gasteiger partial charge in [0.05, 0.1) is 0 Å². The minimum absolute atomic E-state index is 0.364. The molecule has 1 aromatic rings. The largest absolute Gasteiger partial charge is 0.508 e. The third-order valence-electron chi connectivity index (χ3n) is 4.04. The van der Waals surface area contributed by atoms with Gasteiger partial charge in [0.25, 0.3) is 0 Å². The molecule has 1 heterocycles. The second-order valence-corrected chi connectivity index (χ2v) is 5.31. The molecule has 2 fully saturated rings. The van der Waals surface area contributed by atoms with Crippen LogP contribution in [0.5, 0.6) is 5.75 Å². The summed E-state index contributed by atoms with van der Waals surface area (Å²) in [5, 5.41) is 9.55. The van der Waals surface area contributed by atoms with Crippen LogP contribution in [-0.4, -0.2) is 29.6 Å². The molecule has 1 saturated heterocycles. The highest BCUT2D eigenvalue weighted by molar-refractivity contribution is 5.37. The van der Waals surface area contributed by atoms with Crippen molar-refractivity contribution in [3.63, 3.8) is 0 Å². The van der Waals surface area contributed by atoms with E-state index < -0.39 is 0 Å². The van der Waals surface area contributed by atoms with Gasteiger partial charge < -0.3 is 10.0 Å². The van der Waals surface area contributed by atoms with Crippen molar-refractivity contribution in [2.75, 3.05) is 19.6 Å². The van der Waals surface area contributed by atoms with Crippen molar-refractivity contribution in [1.82, 2.24) is 4.90 Å². The van der Waals surface area contributed by atoms with Gasteiger partial charge in [-0.25, -0.2) is 0 Å². The van der Waals surface area contributed by atoms with Gasteiger partial charge in [-0.1, -0.05) is 12.1 Å². The standard InChI is InChI=1S/C14H19NO/c16-13-5-3-4-12(10-13)14(6-7-14)11-15-8-1-2-9-15/h3-5,10,16H,1-2,6-9,11H2. The second-order valence-electron chi connectivity index (χ2n) is 5.31. The number of hydrogen-bond acceptors (Lipinski definition) is 2. The van der Waals surface area contributed by atoms with Gasteiger partial charge in [0.15, 0.2) is 0 Å². The maximum Gasteiger partial charge on any atom is 0.115 e. The summed E-state index contributed by atoms with van der Waals surface area (Å²) in [4.78, 5) is 2.58. The summed E-state index contributed by atoms with van der Waals surface area (Å²) >= 11 is 0. The van der Waals surface area contributed by atoms with Crippen molar-refractivity contribution in [2.45, 2.75) is 31.1 Å². The number of hydrogen-bond donors (Lipinski definition) is 1. The monoisotopic (exact) mass is 217 g/mol. The van der Waals surface area contributed by atoms with Crippen LogP contribution >= 0.6 is 0 Å². The van der Waals surface area contributed by atoms with Gasteiger partial charge in [-0.05, 0) is 56.5 Å². The predicted molar refractivity (Wildman–Crippen MR) is 64.7 cm³/mol. The van der Waals surface area contributed by atoms with Gasteiger partial charge in [0, 0.05) is 12.0 Å². The first-order valence-electron chi connectivity index (χ1n) is 6.30. The van der Waals surface area contributed by atoms with E-state index >= 15 is 0 Å². The summed E-state index contributed by atoms with van der Waals surface area (Å²) in [5.74, 6) is 0.408. The Labute approximate surface area is 96.9 Å². The Morgan fingerprint density at radius 3 is 2.56 bits per heavy atom. The van der Waals surface area contributed by atoms with Crippen molar-refractivity contribution < 1.29 is 5.11 Å². The van der Waals surface area contributed by atoms with Crippen LogP contribution in [0, 0.1) is 0 Å². The lowest BCUT2D eigenvalue weighted by molar-refractivity contribution is 0.304. The summed E-state index contributed by atoms with van der Waals surface area (Å²) in [6.07, 6.45) is 5.28. The molecule has 16 heavy (non-hydrogen) atoms. The Bertz CT molecular complexity index is 378. The Morgan fingerprint density at radius 2 is 1.94 bits per heavy atom. The summed E-state index contributed by atoms with van der Waals surface area (Å²) in [6.45, 7) is 3.72. The Morgan fingerprint density at radius 1 is 1.19 bits per heavy atom. The maximum atomic E-state index is 9.55. The Balaban J connectivity index is 1.77. The van der Waals surface area contributed by atoms with Crippen LogP contribution < -0.4 is 0 Å². The molecule has 0 amide bonds. The number of aromatic hydroxyl groups is 1. The lowest BCUT2D eigenvalue weighted by Crippen LogP contribution is -2.30. The lowest BCUT2D eigenvalue weighted by Gasteiger charge is -2.23. The quantitative estimate of drug-likeness (QED) is 0.841. The van der Waals surface area contributed by atoms with Gasteiger partial charge in [0.1, 0.15) is 5.75 Å². The molecule has 2 heteroatoms. The van der Waals surface area contributed by atoms with E-state index in [0.29, 0.717) is 11.2 Å². The van der Waals surface area contributed by atoms with E-state index in [2.05, 4.69) is 11.0 Å². The highest BCUT2D eigenvalue weighted by Crippen LogP contribution is 2.49. The first kappa shape index (κ1) is 10.2. The van der Waals surface area contributed by atoms with E-state index in [-0.39, 0.29) is 0 Å². The van der Waals surface area contributed by atoms with Crippen LogP contribution in [-0.2, 0) is 5.41 Å². The number of rotatable bonds is 3. The van der Waals surface area contributed by atoms with Crippen LogP contribution in [0.15, 0.2) is 24.3 Å². The first-order chi connectivity index (χ1) is 7.78. The average Bonchev–Trinajstić information content (AvgIpc) is 2.87. The number of phenolic OH excluding ortho intramolecular Hbond substituents is 1. The van der Waals surface area contributed by atoms with Gasteiger partial charge in [-0.2, -0.15) is 0 Å². The fraction of sp³-hybridized carbons (Fsp3) is 0.571.